The molecule has 5 rings (SSSR count). The van der Waals surface area contributed by atoms with Gasteiger partial charge < -0.3 is 9.64 Å². The number of rotatable bonds is 12. The van der Waals surface area contributed by atoms with Crippen molar-refractivity contribution in [1.82, 2.24) is 19.6 Å². The SMILES string of the molecule is O=c1c2ccccc2cnn1C[C@H]1CCCN1CCCCc1ccc(OCCCN2CCCCCC2)cc1. The molecule has 0 unspecified atom stereocenters. The largest absolute Gasteiger partial charge is 0.494 e. The molecular formula is C32H44N4O2. The van der Waals surface area contributed by atoms with E-state index >= 15 is 0 Å². The van der Waals surface area contributed by atoms with Gasteiger partial charge in [-0.25, -0.2) is 4.68 Å². The molecule has 0 N–H and O–H groups in total. The number of nitrogens with zero attached hydrogens (tertiary/aromatic N) is 4. The molecule has 2 saturated heterocycles. The van der Waals surface area contributed by atoms with Gasteiger partial charge in [0.05, 0.1) is 24.7 Å². The van der Waals surface area contributed by atoms with Gasteiger partial charge in [0.1, 0.15) is 5.75 Å². The first kappa shape index (κ1) is 26.9. The summed E-state index contributed by atoms with van der Waals surface area (Å²) < 4.78 is 7.68. The number of aryl methyl sites for hydroxylation is 1. The Hall–Kier alpha value is -2.70. The van der Waals surface area contributed by atoms with E-state index in [4.69, 9.17) is 4.74 Å². The highest BCUT2D eigenvalue weighted by Crippen LogP contribution is 2.20. The summed E-state index contributed by atoms with van der Waals surface area (Å²) in [7, 11) is 0. The number of ether oxygens (including phenoxy) is 1. The Labute approximate surface area is 227 Å². The smallest absolute Gasteiger partial charge is 0.274 e. The lowest BCUT2D eigenvalue weighted by Gasteiger charge is -2.24. The second kappa shape index (κ2) is 13.9. The zero-order valence-corrected chi connectivity index (χ0v) is 22.9. The van der Waals surface area contributed by atoms with Gasteiger partial charge in [0.25, 0.3) is 5.56 Å². The normalized spacial score (nSPS) is 19.1. The summed E-state index contributed by atoms with van der Waals surface area (Å²) in [5.41, 5.74) is 1.41. The van der Waals surface area contributed by atoms with E-state index in [-0.39, 0.29) is 5.56 Å². The van der Waals surface area contributed by atoms with Crippen molar-refractivity contribution >= 4 is 10.8 Å². The molecular weight excluding hydrogens is 472 g/mol. The molecule has 38 heavy (non-hydrogen) atoms. The van der Waals surface area contributed by atoms with E-state index in [0.29, 0.717) is 12.6 Å². The van der Waals surface area contributed by atoms with E-state index in [1.165, 1.54) is 63.6 Å². The molecule has 0 spiro atoms. The maximum absolute atomic E-state index is 12.9. The number of unbranched alkanes of at least 4 members (excludes halogenated alkanes) is 1. The van der Waals surface area contributed by atoms with Crippen LogP contribution in [0.25, 0.3) is 10.8 Å². The van der Waals surface area contributed by atoms with Crippen molar-refractivity contribution in [3.8, 4) is 5.75 Å². The van der Waals surface area contributed by atoms with Crippen LogP contribution in [0.3, 0.4) is 0 Å². The summed E-state index contributed by atoms with van der Waals surface area (Å²) in [6.07, 6.45) is 14.2. The molecule has 2 fully saturated rings. The van der Waals surface area contributed by atoms with Crippen molar-refractivity contribution in [3.63, 3.8) is 0 Å². The number of benzene rings is 2. The third-order valence-electron chi connectivity index (χ3n) is 8.31. The van der Waals surface area contributed by atoms with Gasteiger partial charge in [0.15, 0.2) is 0 Å². The lowest BCUT2D eigenvalue weighted by molar-refractivity contribution is 0.221. The van der Waals surface area contributed by atoms with Crippen LogP contribution in [0.15, 0.2) is 59.5 Å². The monoisotopic (exact) mass is 516 g/mol. The lowest BCUT2D eigenvalue weighted by atomic mass is 10.1. The molecule has 6 heteroatoms. The molecule has 2 aromatic carbocycles. The summed E-state index contributed by atoms with van der Waals surface area (Å²) >= 11 is 0. The average Bonchev–Trinajstić information content (AvgIpc) is 3.22. The van der Waals surface area contributed by atoms with Gasteiger partial charge in [-0.1, -0.05) is 43.2 Å². The molecule has 3 aromatic rings. The first-order valence-corrected chi connectivity index (χ1v) is 14.9. The van der Waals surface area contributed by atoms with Gasteiger partial charge in [-0.2, -0.15) is 5.10 Å². The van der Waals surface area contributed by atoms with Crippen molar-refractivity contribution in [2.75, 3.05) is 39.3 Å². The van der Waals surface area contributed by atoms with Crippen LogP contribution in [-0.4, -0.2) is 65.0 Å². The molecule has 0 saturated carbocycles. The summed E-state index contributed by atoms with van der Waals surface area (Å²) in [6, 6.07) is 16.8. The maximum atomic E-state index is 12.9. The fraction of sp³-hybridized carbons (Fsp3) is 0.562. The first-order valence-electron chi connectivity index (χ1n) is 14.9. The maximum Gasteiger partial charge on any atom is 0.274 e. The van der Waals surface area contributed by atoms with Crippen molar-refractivity contribution in [2.45, 2.75) is 76.8 Å². The van der Waals surface area contributed by atoms with Gasteiger partial charge in [-0.3, -0.25) is 9.69 Å². The molecule has 2 aliphatic rings. The Morgan fingerprint density at radius 1 is 0.842 bits per heavy atom. The van der Waals surface area contributed by atoms with Crippen LogP contribution in [0.1, 0.15) is 63.4 Å². The zero-order chi connectivity index (χ0) is 26.0. The summed E-state index contributed by atoms with van der Waals surface area (Å²) in [5.74, 6) is 0.988. The van der Waals surface area contributed by atoms with Gasteiger partial charge in [-0.05, 0) is 101 Å². The van der Waals surface area contributed by atoms with Crippen LogP contribution in [0.2, 0.25) is 0 Å². The Kier molecular flexibility index (Phi) is 9.84. The molecule has 0 radical (unpaired) electrons. The Morgan fingerprint density at radius 2 is 1.66 bits per heavy atom. The van der Waals surface area contributed by atoms with Crippen LogP contribution in [0.5, 0.6) is 5.75 Å². The van der Waals surface area contributed by atoms with Crippen LogP contribution < -0.4 is 10.3 Å². The predicted octanol–water partition coefficient (Wildman–Crippen LogP) is 5.53. The zero-order valence-electron chi connectivity index (χ0n) is 22.9. The van der Waals surface area contributed by atoms with E-state index in [2.05, 4.69) is 39.2 Å². The van der Waals surface area contributed by atoms with Crippen molar-refractivity contribution in [1.29, 1.82) is 0 Å². The van der Waals surface area contributed by atoms with Crippen LogP contribution in [-0.2, 0) is 13.0 Å². The minimum atomic E-state index is 0.0276. The van der Waals surface area contributed by atoms with Gasteiger partial charge in [0, 0.05) is 18.0 Å². The fourth-order valence-corrected chi connectivity index (χ4v) is 6.09. The average molecular weight is 517 g/mol. The quantitative estimate of drug-likeness (QED) is 0.296. The summed E-state index contributed by atoms with van der Waals surface area (Å²) in [4.78, 5) is 18.0. The highest BCUT2D eigenvalue weighted by Gasteiger charge is 2.25. The number of hydrogen-bond acceptors (Lipinski definition) is 5. The number of aromatic nitrogens is 2. The fourth-order valence-electron chi connectivity index (χ4n) is 6.09. The minimum absolute atomic E-state index is 0.0276. The van der Waals surface area contributed by atoms with Crippen LogP contribution in [0, 0.1) is 0 Å². The Bertz CT molecular complexity index is 1180. The minimum Gasteiger partial charge on any atom is -0.494 e. The van der Waals surface area contributed by atoms with Crippen molar-refractivity contribution < 1.29 is 4.74 Å². The topological polar surface area (TPSA) is 50.6 Å². The molecule has 0 aliphatic carbocycles. The van der Waals surface area contributed by atoms with E-state index in [1.807, 2.05) is 30.5 Å². The number of likely N-dealkylation sites (tertiary alicyclic amines) is 2. The first-order chi connectivity index (χ1) is 18.8. The van der Waals surface area contributed by atoms with E-state index in [1.54, 1.807) is 4.68 Å². The third-order valence-corrected chi connectivity index (χ3v) is 8.31. The van der Waals surface area contributed by atoms with Gasteiger partial charge in [0.2, 0.25) is 0 Å². The Balaban J connectivity index is 1.00. The van der Waals surface area contributed by atoms with E-state index in [0.717, 1.165) is 62.0 Å². The molecule has 204 valence electrons. The highest BCUT2D eigenvalue weighted by molar-refractivity contribution is 5.80. The van der Waals surface area contributed by atoms with Crippen molar-refractivity contribution in [2.24, 2.45) is 0 Å². The molecule has 6 nitrogen and oxygen atoms in total. The lowest BCUT2D eigenvalue weighted by Crippen LogP contribution is -2.37. The second-order valence-corrected chi connectivity index (χ2v) is 11.1. The molecule has 2 aliphatic heterocycles. The van der Waals surface area contributed by atoms with E-state index in [9.17, 15) is 4.79 Å². The molecule has 1 atom stereocenters. The highest BCUT2D eigenvalue weighted by atomic mass is 16.5. The van der Waals surface area contributed by atoms with Gasteiger partial charge in [-0.15, -0.1) is 0 Å². The predicted molar refractivity (Wildman–Crippen MR) is 155 cm³/mol. The van der Waals surface area contributed by atoms with Crippen molar-refractivity contribution in [3.05, 3.63) is 70.6 Å². The third kappa shape index (κ3) is 7.45. The molecule has 0 amide bonds. The second-order valence-electron chi connectivity index (χ2n) is 11.1. The Morgan fingerprint density at radius 3 is 2.50 bits per heavy atom. The van der Waals surface area contributed by atoms with Crippen LogP contribution in [0.4, 0.5) is 0 Å². The standard InChI is InChI=1S/C32H44N4O2/c37-32-31-14-4-3-12-28(31)25-33-36(32)26-29-13-9-23-35(29)22-8-5-11-27-15-17-30(18-16-27)38-24-10-21-34-19-6-1-2-7-20-34/h3-4,12,14-18,25,29H,1-2,5-11,13,19-24,26H2/t29-/m1/s1. The van der Waals surface area contributed by atoms with E-state index < -0.39 is 0 Å². The van der Waals surface area contributed by atoms with Crippen LogP contribution >= 0.6 is 0 Å². The molecule has 0 bridgehead atoms. The van der Waals surface area contributed by atoms with Gasteiger partial charge >= 0.3 is 0 Å². The number of fused-ring (bicyclic) bond motifs is 1. The summed E-state index contributed by atoms with van der Waals surface area (Å²) in [5, 5.41) is 6.14. The molecule has 1 aromatic heterocycles. The summed E-state index contributed by atoms with van der Waals surface area (Å²) in [6.45, 7) is 7.37. The number of hydrogen-bond donors (Lipinski definition) is 0. The molecule has 3 heterocycles.